The second kappa shape index (κ2) is 8.51. The first kappa shape index (κ1) is 19.3. The first-order valence-electron chi connectivity index (χ1n) is 7.80. The van der Waals surface area contributed by atoms with E-state index in [0.717, 1.165) is 25.6 Å². The first-order valence-corrected chi connectivity index (χ1v) is 11.7. The van der Waals surface area contributed by atoms with Gasteiger partial charge in [0.15, 0.2) is 13.8 Å². The minimum Gasteiger partial charge on any atom is -0.274 e. The van der Waals surface area contributed by atoms with Gasteiger partial charge in [-0.05, 0) is 43.4 Å². The molecule has 2 aromatic heterocycles. The summed E-state index contributed by atoms with van der Waals surface area (Å²) in [7, 11) is 0. The van der Waals surface area contributed by atoms with E-state index >= 15 is 0 Å². The Hall–Kier alpha value is -1.42. The number of benzene rings is 1. The molecule has 3 rings (SSSR count). The predicted molar refractivity (Wildman–Crippen MR) is 112 cm³/mol. The van der Waals surface area contributed by atoms with Crippen LogP contribution in [0.3, 0.4) is 0 Å². The summed E-state index contributed by atoms with van der Waals surface area (Å²) in [4.78, 5) is 18.6. The van der Waals surface area contributed by atoms with Crippen LogP contribution in [-0.4, -0.2) is 27.3 Å². The van der Waals surface area contributed by atoms with Crippen molar-refractivity contribution >= 4 is 62.9 Å². The molecule has 1 amide bonds. The molecule has 0 radical (unpaired) electrons. The molecule has 0 saturated carbocycles. The second-order valence-electron chi connectivity index (χ2n) is 5.57. The molecule has 0 unspecified atom stereocenters. The molecule has 0 spiro atoms. The van der Waals surface area contributed by atoms with E-state index in [-0.39, 0.29) is 5.91 Å². The van der Waals surface area contributed by atoms with Crippen molar-refractivity contribution in [3.05, 3.63) is 40.4 Å². The molecule has 1 aromatic carbocycles. The number of nitrogens with zero attached hydrogens (tertiary/aromatic N) is 4. The molecule has 0 aliphatic rings. The van der Waals surface area contributed by atoms with Gasteiger partial charge in [0.05, 0.1) is 11.4 Å². The highest BCUT2D eigenvalue weighted by Gasteiger charge is 2.18. The summed E-state index contributed by atoms with van der Waals surface area (Å²) < 4.78 is 1.89. The fraction of sp³-hybridized carbons (Fsp3) is 0.294. The van der Waals surface area contributed by atoms with Crippen LogP contribution in [0.1, 0.15) is 23.7 Å². The number of carbonyl (C=O) groups excluding carboxylic acids is 1. The van der Waals surface area contributed by atoms with Gasteiger partial charge in [-0.3, -0.25) is 9.69 Å². The normalized spacial score (nSPS) is 10.9. The summed E-state index contributed by atoms with van der Waals surface area (Å²) in [5.41, 5.74) is 4.14. The van der Waals surface area contributed by atoms with Crippen LogP contribution in [0, 0.1) is 13.8 Å². The first-order chi connectivity index (χ1) is 12.5. The van der Waals surface area contributed by atoms with Gasteiger partial charge in [0.25, 0.3) is 0 Å². The van der Waals surface area contributed by atoms with Crippen molar-refractivity contribution in [2.24, 2.45) is 0 Å². The molecule has 0 N–H and O–H groups in total. The zero-order chi connectivity index (χ0) is 18.7. The Morgan fingerprint density at radius 2 is 1.96 bits per heavy atom. The number of rotatable bonds is 6. The third kappa shape index (κ3) is 4.46. The molecule has 0 fully saturated rings. The smallest absolute Gasteiger partial charge is 0.230 e. The number of anilines is 2. The molecule has 0 aliphatic heterocycles. The lowest BCUT2D eigenvalue weighted by Gasteiger charge is -2.19. The lowest BCUT2D eigenvalue weighted by molar-refractivity contribution is -0.115. The average molecular weight is 423 g/mol. The fourth-order valence-corrected chi connectivity index (χ4v) is 5.55. The lowest BCUT2D eigenvalue weighted by atomic mass is 10.1. The SMILES string of the molecule is CSc1nnc(SCc2csc(N(C(C)=O)c3ccc(C)c(C)c3)n2)s1. The van der Waals surface area contributed by atoms with Crippen LogP contribution >= 0.6 is 46.2 Å². The molecule has 0 saturated heterocycles. The second-order valence-corrected chi connectivity index (χ2v) is 9.66. The van der Waals surface area contributed by atoms with Gasteiger partial charge in [-0.2, -0.15) is 0 Å². The maximum Gasteiger partial charge on any atom is 0.230 e. The highest BCUT2D eigenvalue weighted by molar-refractivity contribution is 8.02. The van der Waals surface area contributed by atoms with Gasteiger partial charge in [-0.1, -0.05) is 40.9 Å². The molecule has 5 nitrogen and oxygen atoms in total. The predicted octanol–water partition coefficient (Wildman–Crippen LogP) is 5.31. The van der Waals surface area contributed by atoms with Gasteiger partial charge in [0.1, 0.15) is 0 Å². The van der Waals surface area contributed by atoms with Crippen molar-refractivity contribution in [2.75, 3.05) is 11.2 Å². The van der Waals surface area contributed by atoms with Gasteiger partial charge in [0.2, 0.25) is 5.91 Å². The number of aromatic nitrogens is 3. The molecule has 0 aliphatic carbocycles. The number of carbonyl (C=O) groups is 1. The number of aryl methyl sites for hydroxylation is 2. The van der Waals surface area contributed by atoms with Crippen molar-refractivity contribution in [1.29, 1.82) is 0 Å². The number of hydrogen-bond donors (Lipinski definition) is 0. The largest absolute Gasteiger partial charge is 0.274 e. The van der Waals surface area contributed by atoms with Crippen LogP contribution in [0.25, 0.3) is 0 Å². The van der Waals surface area contributed by atoms with Crippen LogP contribution in [0.4, 0.5) is 10.8 Å². The molecular formula is C17H18N4OS4. The van der Waals surface area contributed by atoms with Gasteiger partial charge in [-0.15, -0.1) is 21.5 Å². The number of thioether (sulfide) groups is 2. The van der Waals surface area contributed by atoms with Crippen LogP contribution < -0.4 is 4.90 Å². The van der Waals surface area contributed by atoms with E-state index in [1.54, 1.807) is 46.7 Å². The van der Waals surface area contributed by atoms with Crippen LogP contribution in [0.15, 0.2) is 32.3 Å². The zero-order valence-corrected chi connectivity index (χ0v) is 18.1. The van der Waals surface area contributed by atoms with E-state index < -0.39 is 0 Å². The molecule has 3 aromatic rings. The van der Waals surface area contributed by atoms with Gasteiger partial charge in [0, 0.05) is 18.1 Å². The van der Waals surface area contributed by atoms with Crippen LogP contribution in [0.2, 0.25) is 0 Å². The topological polar surface area (TPSA) is 59.0 Å². The third-order valence-corrected chi connectivity index (χ3v) is 7.64. The van der Waals surface area contributed by atoms with Crippen LogP contribution in [-0.2, 0) is 10.5 Å². The summed E-state index contributed by atoms with van der Waals surface area (Å²) in [5.74, 6) is 0.661. The maximum atomic E-state index is 12.2. The molecule has 2 heterocycles. The van der Waals surface area contributed by atoms with E-state index in [9.17, 15) is 4.79 Å². The van der Waals surface area contributed by atoms with E-state index in [1.807, 2.05) is 36.8 Å². The summed E-state index contributed by atoms with van der Waals surface area (Å²) >= 11 is 6.28. The molecular weight excluding hydrogens is 404 g/mol. The maximum absolute atomic E-state index is 12.2. The number of amides is 1. The van der Waals surface area contributed by atoms with Gasteiger partial charge < -0.3 is 0 Å². The number of thiazole rings is 1. The Bertz CT molecular complexity index is 921. The summed E-state index contributed by atoms with van der Waals surface area (Å²) in [6, 6.07) is 6.02. The number of hydrogen-bond acceptors (Lipinski definition) is 8. The Labute approximate surface area is 169 Å². The molecule has 136 valence electrons. The summed E-state index contributed by atoms with van der Waals surface area (Å²) in [5, 5.41) is 10.9. The highest BCUT2D eigenvalue weighted by Crippen LogP contribution is 2.33. The Balaban J connectivity index is 1.76. The van der Waals surface area contributed by atoms with E-state index in [4.69, 9.17) is 0 Å². The Kier molecular flexibility index (Phi) is 6.33. The minimum atomic E-state index is -0.0458. The molecule has 0 bridgehead atoms. The zero-order valence-electron chi connectivity index (χ0n) is 14.8. The quantitative estimate of drug-likeness (QED) is 0.502. The van der Waals surface area contributed by atoms with E-state index in [0.29, 0.717) is 10.9 Å². The van der Waals surface area contributed by atoms with Crippen molar-refractivity contribution in [2.45, 2.75) is 35.2 Å². The standard InChI is InChI=1S/C17H18N4OS4/c1-10-5-6-14(7-11(10)2)21(12(3)22)15-18-13(8-24-15)9-25-17-20-19-16(23-4)26-17/h5-8H,9H2,1-4H3. The van der Waals surface area contributed by atoms with E-state index in [2.05, 4.69) is 22.1 Å². The highest BCUT2D eigenvalue weighted by atomic mass is 32.2. The van der Waals surface area contributed by atoms with E-state index in [1.165, 1.54) is 16.9 Å². The molecule has 0 atom stereocenters. The Morgan fingerprint density at radius 3 is 2.62 bits per heavy atom. The third-order valence-electron chi connectivity index (χ3n) is 3.70. The van der Waals surface area contributed by atoms with Crippen LogP contribution in [0.5, 0.6) is 0 Å². The Morgan fingerprint density at radius 1 is 1.19 bits per heavy atom. The van der Waals surface area contributed by atoms with Gasteiger partial charge >= 0.3 is 0 Å². The lowest BCUT2D eigenvalue weighted by Crippen LogP contribution is -2.22. The summed E-state index contributed by atoms with van der Waals surface area (Å²) in [6.07, 6.45) is 1.99. The fourth-order valence-electron chi connectivity index (χ4n) is 2.23. The minimum absolute atomic E-state index is 0.0458. The van der Waals surface area contributed by atoms with Crippen molar-refractivity contribution in [1.82, 2.24) is 15.2 Å². The van der Waals surface area contributed by atoms with Crippen molar-refractivity contribution < 1.29 is 4.79 Å². The van der Waals surface area contributed by atoms with Crippen molar-refractivity contribution in [3.63, 3.8) is 0 Å². The molecule has 9 heteroatoms. The monoisotopic (exact) mass is 422 g/mol. The molecule has 26 heavy (non-hydrogen) atoms. The summed E-state index contributed by atoms with van der Waals surface area (Å²) in [6.45, 7) is 5.67. The van der Waals surface area contributed by atoms with Crippen molar-refractivity contribution in [3.8, 4) is 0 Å². The average Bonchev–Trinajstić information content (AvgIpc) is 3.25. The van der Waals surface area contributed by atoms with Gasteiger partial charge in [-0.25, -0.2) is 4.98 Å².